The van der Waals surface area contributed by atoms with Gasteiger partial charge < -0.3 is 9.47 Å². The van der Waals surface area contributed by atoms with Crippen molar-refractivity contribution < 1.29 is 19.1 Å². The van der Waals surface area contributed by atoms with Crippen LogP contribution < -0.4 is 0 Å². The Morgan fingerprint density at radius 3 is 1.94 bits per heavy atom. The second kappa shape index (κ2) is 8.95. The molecule has 4 heteroatoms. The van der Waals surface area contributed by atoms with Gasteiger partial charge in [-0.25, -0.2) is 0 Å². The van der Waals surface area contributed by atoms with E-state index in [4.69, 9.17) is 9.47 Å². The van der Waals surface area contributed by atoms with Crippen LogP contribution >= 0.6 is 0 Å². The molecule has 0 aromatic carbocycles. The average Bonchev–Trinajstić information content (AvgIpc) is 2.22. The van der Waals surface area contributed by atoms with Crippen LogP contribution in [0.15, 0.2) is 0 Å². The molecule has 0 fully saturated rings. The van der Waals surface area contributed by atoms with E-state index in [9.17, 15) is 9.59 Å². The maximum atomic E-state index is 11.4. The maximum Gasteiger partial charge on any atom is 0.306 e. The van der Waals surface area contributed by atoms with Crippen LogP contribution in [0.4, 0.5) is 0 Å². The molecule has 0 aromatic rings. The number of hydrogen-bond acceptors (Lipinski definition) is 4. The number of ether oxygens (including phenoxy) is 2. The van der Waals surface area contributed by atoms with Gasteiger partial charge in [0.25, 0.3) is 0 Å². The van der Waals surface area contributed by atoms with Crippen molar-refractivity contribution in [2.45, 2.75) is 60.0 Å². The smallest absolute Gasteiger partial charge is 0.306 e. The fourth-order valence-corrected chi connectivity index (χ4v) is 1.53. The molecule has 0 N–H and O–H groups in total. The topological polar surface area (TPSA) is 52.6 Å². The molecule has 4 nitrogen and oxygen atoms in total. The third kappa shape index (κ3) is 10.1. The van der Waals surface area contributed by atoms with Gasteiger partial charge >= 0.3 is 11.9 Å². The van der Waals surface area contributed by atoms with Crippen LogP contribution in [0.2, 0.25) is 0 Å². The highest BCUT2D eigenvalue weighted by atomic mass is 16.5. The van der Waals surface area contributed by atoms with E-state index in [1.54, 1.807) is 0 Å². The first-order valence-electron chi connectivity index (χ1n) is 6.66. The number of carbonyl (C=O) groups excluding carboxylic acids is 2. The quantitative estimate of drug-likeness (QED) is 0.628. The van der Waals surface area contributed by atoms with Gasteiger partial charge in [-0.3, -0.25) is 9.59 Å². The van der Waals surface area contributed by atoms with Gasteiger partial charge in [0, 0.05) is 0 Å². The second-order valence-corrected chi connectivity index (χ2v) is 5.51. The molecule has 106 valence electrons. The Kier molecular flexibility index (Phi) is 8.42. The number of hydrogen-bond donors (Lipinski definition) is 0. The first-order chi connectivity index (χ1) is 8.31. The number of rotatable bonds is 8. The maximum absolute atomic E-state index is 11.4. The Bertz CT molecular complexity index is 259. The molecule has 0 saturated heterocycles. The molecular weight excluding hydrogens is 232 g/mol. The zero-order valence-electron chi connectivity index (χ0n) is 12.2. The summed E-state index contributed by atoms with van der Waals surface area (Å²) in [5.74, 6) is 0.137. The average molecular weight is 258 g/mol. The zero-order valence-corrected chi connectivity index (χ0v) is 12.2. The van der Waals surface area contributed by atoms with Gasteiger partial charge in [-0.2, -0.15) is 0 Å². The van der Waals surface area contributed by atoms with Crippen molar-refractivity contribution in [3.63, 3.8) is 0 Å². The van der Waals surface area contributed by atoms with E-state index >= 15 is 0 Å². The van der Waals surface area contributed by atoms with Crippen LogP contribution in [0.1, 0.15) is 53.9 Å². The molecule has 0 aliphatic carbocycles. The third-order valence-electron chi connectivity index (χ3n) is 2.25. The number of carbonyl (C=O) groups is 2. The van der Waals surface area contributed by atoms with Crippen LogP contribution in [-0.2, 0) is 19.1 Å². The van der Waals surface area contributed by atoms with E-state index in [1.807, 2.05) is 20.8 Å². The largest absolute Gasteiger partial charge is 0.465 e. The Hall–Kier alpha value is -1.06. The Balaban J connectivity index is 3.73. The SMILES string of the molecule is CC(C)COC(=O)CCC(=O)OC(C)CC(C)C. The fourth-order valence-electron chi connectivity index (χ4n) is 1.53. The third-order valence-corrected chi connectivity index (χ3v) is 2.25. The molecule has 0 saturated carbocycles. The van der Waals surface area contributed by atoms with Crippen molar-refractivity contribution in [3.8, 4) is 0 Å². The summed E-state index contributed by atoms with van der Waals surface area (Å²) in [6, 6.07) is 0. The Labute approximate surface area is 110 Å². The van der Waals surface area contributed by atoms with Gasteiger partial charge in [-0.1, -0.05) is 27.7 Å². The molecule has 0 aliphatic heterocycles. The van der Waals surface area contributed by atoms with Crippen LogP contribution in [0.25, 0.3) is 0 Å². The van der Waals surface area contributed by atoms with Crippen molar-refractivity contribution in [1.29, 1.82) is 0 Å². The van der Waals surface area contributed by atoms with Gasteiger partial charge in [-0.05, 0) is 25.2 Å². The first kappa shape index (κ1) is 16.9. The van der Waals surface area contributed by atoms with Gasteiger partial charge in [0.1, 0.15) is 0 Å². The monoisotopic (exact) mass is 258 g/mol. The minimum absolute atomic E-state index is 0.0933. The summed E-state index contributed by atoms with van der Waals surface area (Å²) in [6.07, 6.45) is 0.937. The van der Waals surface area contributed by atoms with E-state index in [-0.39, 0.29) is 30.9 Å². The highest BCUT2D eigenvalue weighted by Gasteiger charge is 2.13. The second-order valence-electron chi connectivity index (χ2n) is 5.51. The van der Waals surface area contributed by atoms with Crippen molar-refractivity contribution in [2.24, 2.45) is 11.8 Å². The van der Waals surface area contributed by atoms with Crippen LogP contribution in [0.5, 0.6) is 0 Å². The van der Waals surface area contributed by atoms with E-state index in [0.717, 1.165) is 6.42 Å². The lowest BCUT2D eigenvalue weighted by molar-refractivity contribution is -0.154. The van der Waals surface area contributed by atoms with Crippen molar-refractivity contribution in [3.05, 3.63) is 0 Å². The molecular formula is C14H26O4. The molecule has 0 radical (unpaired) electrons. The predicted molar refractivity (Wildman–Crippen MR) is 70.0 cm³/mol. The summed E-state index contributed by atoms with van der Waals surface area (Å²) in [4.78, 5) is 22.7. The van der Waals surface area contributed by atoms with Gasteiger partial charge in [0.2, 0.25) is 0 Å². The standard InChI is InChI=1S/C14H26O4/c1-10(2)8-12(5)18-14(16)7-6-13(15)17-9-11(3)4/h10-12H,6-9H2,1-5H3. The van der Waals surface area contributed by atoms with E-state index in [0.29, 0.717) is 18.4 Å². The highest BCUT2D eigenvalue weighted by Crippen LogP contribution is 2.09. The summed E-state index contributed by atoms with van der Waals surface area (Å²) in [7, 11) is 0. The van der Waals surface area contributed by atoms with Gasteiger partial charge in [0.15, 0.2) is 0 Å². The summed E-state index contributed by atoms with van der Waals surface area (Å²) in [6.45, 7) is 10.4. The zero-order chi connectivity index (χ0) is 14.1. The first-order valence-corrected chi connectivity index (χ1v) is 6.66. The van der Waals surface area contributed by atoms with Crippen molar-refractivity contribution >= 4 is 11.9 Å². The van der Waals surface area contributed by atoms with Crippen LogP contribution in [0.3, 0.4) is 0 Å². The number of esters is 2. The van der Waals surface area contributed by atoms with Crippen LogP contribution in [0, 0.1) is 11.8 Å². The molecule has 0 aromatic heterocycles. The van der Waals surface area contributed by atoms with E-state index in [1.165, 1.54) is 0 Å². The van der Waals surface area contributed by atoms with Gasteiger partial charge in [-0.15, -0.1) is 0 Å². The van der Waals surface area contributed by atoms with Crippen LogP contribution in [-0.4, -0.2) is 24.6 Å². The molecule has 18 heavy (non-hydrogen) atoms. The Morgan fingerprint density at radius 2 is 1.44 bits per heavy atom. The minimum atomic E-state index is -0.336. The van der Waals surface area contributed by atoms with Crippen molar-refractivity contribution in [1.82, 2.24) is 0 Å². The molecule has 0 bridgehead atoms. The fraction of sp³-hybridized carbons (Fsp3) is 0.857. The summed E-state index contributed by atoms with van der Waals surface area (Å²) in [5, 5.41) is 0. The highest BCUT2D eigenvalue weighted by molar-refractivity contribution is 5.77. The van der Waals surface area contributed by atoms with E-state index in [2.05, 4.69) is 13.8 Å². The summed E-state index contributed by atoms with van der Waals surface area (Å²) in [5.41, 5.74) is 0. The lowest BCUT2D eigenvalue weighted by atomic mass is 10.1. The molecule has 0 aliphatic rings. The van der Waals surface area contributed by atoms with Crippen molar-refractivity contribution in [2.75, 3.05) is 6.61 Å². The minimum Gasteiger partial charge on any atom is -0.465 e. The molecule has 0 rings (SSSR count). The Morgan fingerprint density at radius 1 is 0.889 bits per heavy atom. The molecule has 1 atom stereocenters. The van der Waals surface area contributed by atoms with Gasteiger partial charge in [0.05, 0.1) is 25.6 Å². The molecule has 0 spiro atoms. The normalized spacial score (nSPS) is 12.6. The predicted octanol–water partition coefficient (Wildman–Crippen LogP) is 2.94. The lowest BCUT2D eigenvalue weighted by Gasteiger charge is -2.15. The summed E-state index contributed by atoms with van der Waals surface area (Å²) >= 11 is 0. The molecule has 1 unspecified atom stereocenters. The lowest BCUT2D eigenvalue weighted by Crippen LogP contribution is -2.18. The van der Waals surface area contributed by atoms with E-state index < -0.39 is 0 Å². The molecule has 0 heterocycles. The summed E-state index contributed by atoms with van der Waals surface area (Å²) < 4.78 is 10.2. The molecule has 0 amide bonds.